The van der Waals surface area contributed by atoms with Crippen molar-refractivity contribution in [2.75, 3.05) is 190 Å². The summed E-state index contributed by atoms with van der Waals surface area (Å²) in [6, 6.07) is 11.7. The molecule has 494 valence electrons. The Bertz CT molecular complexity index is 2830. The molecule has 26 nitrogen and oxygen atoms in total. The molecule has 1 atom stereocenters. The van der Waals surface area contributed by atoms with Gasteiger partial charge in [0.05, 0.1) is 159 Å². The maximum atomic E-state index is 12.6. The first-order valence-corrected chi connectivity index (χ1v) is 32.7. The highest BCUT2D eigenvalue weighted by Crippen LogP contribution is 2.51. The number of ether oxygens (including phenoxy) is 12. The number of fused-ring (bicyclic) bond motifs is 2. The third kappa shape index (κ3) is 27.1. The fraction of sp³-hybridized carbons (Fsp3) is 0.633. The normalized spacial score (nSPS) is 15.9. The lowest BCUT2D eigenvalue weighted by Gasteiger charge is -2.31. The molecule has 1 aliphatic carbocycles. The number of amides is 2. The first kappa shape index (κ1) is 73.6. The van der Waals surface area contributed by atoms with E-state index in [-0.39, 0.29) is 32.1 Å². The van der Waals surface area contributed by atoms with Crippen LogP contribution >= 0.6 is 0 Å². The number of hydrogen-bond donors (Lipinski definition) is 0. The van der Waals surface area contributed by atoms with Gasteiger partial charge in [-0.2, -0.15) is 0 Å². The lowest BCUT2D eigenvalue weighted by Crippen LogP contribution is -2.36. The zero-order valence-corrected chi connectivity index (χ0v) is 52.6. The van der Waals surface area contributed by atoms with Crippen LogP contribution in [0.3, 0.4) is 0 Å². The molecule has 3 heterocycles. The highest BCUT2D eigenvalue weighted by molar-refractivity contribution is 7.86. The number of benzene rings is 2. The van der Waals surface area contributed by atoms with Gasteiger partial charge in [-0.05, 0) is 80.1 Å². The van der Waals surface area contributed by atoms with Gasteiger partial charge in [-0.15, -0.1) is 5.06 Å². The molecular weight excluding hydrogens is 1190 g/mol. The van der Waals surface area contributed by atoms with Crippen molar-refractivity contribution in [2.24, 2.45) is 0 Å². The van der Waals surface area contributed by atoms with E-state index in [0.29, 0.717) is 212 Å². The summed E-state index contributed by atoms with van der Waals surface area (Å²) in [4.78, 5) is 43.0. The van der Waals surface area contributed by atoms with Gasteiger partial charge in [0.15, 0.2) is 13.1 Å². The van der Waals surface area contributed by atoms with Crippen molar-refractivity contribution in [1.82, 2.24) is 9.64 Å². The quantitative estimate of drug-likeness (QED) is 0.0337. The van der Waals surface area contributed by atoms with Crippen LogP contribution in [-0.2, 0) is 102 Å². The molecule has 5 rings (SSSR count). The number of allylic oxidation sites excluding steroid dienone is 3. The van der Waals surface area contributed by atoms with Crippen molar-refractivity contribution in [3.05, 3.63) is 83.1 Å². The van der Waals surface area contributed by atoms with Crippen molar-refractivity contribution in [2.45, 2.75) is 68.6 Å². The maximum Gasteiger partial charge on any atom is 0.333 e. The highest BCUT2D eigenvalue weighted by Gasteiger charge is 2.43. The predicted molar refractivity (Wildman–Crippen MR) is 318 cm³/mol. The second-order valence-corrected chi connectivity index (χ2v) is 23.3. The third-order valence-electron chi connectivity index (χ3n) is 14.0. The van der Waals surface area contributed by atoms with Crippen LogP contribution < -0.4 is 14.8 Å². The summed E-state index contributed by atoms with van der Waals surface area (Å²) >= 11 is 0. The van der Waals surface area contributed by atoms with E-state index in [1.807, 2.05) is 48.3 Å². The van der Waals surface area contributed by atoms with Crippen molar-refractivity contribution >= 4 is 49.8 Å². The van der Waals surface area contributed by atoms with E-state index in [4.69, 9.17) is 66.1 Å². The summed E-state index contributed by atoms with van der Waals surface area (Å²) in [6.45, 7) is 12.9. The molecule has 3 aliphatic heterocycles. The van der Waals surface area contributed by atoms with Crippen LogP contribution in [0.25, 0.3) is 17.4 Å². The maximum absolute atomic E-state index is 12.6. The van der Waals surface area contributed by atoms with E-state index in [0.717, 1.165) is 16.5 Å². The average Bonchev–Trinajstić information content (AvgIpc) is 2.79. The number of hydroxylamine groups is 2. The number of carbonyl (C=O) groups excluding carboxylic acids is 3. The molecule has 88 heavy (non-hydrogen) atoms. The van der Waals surface area contributed by atoms with Crippen LogP contribution in [0, 0.1) is 0 Å². The molecule has 4 aliphatic rings. The third-order valence-corrected chi connectivity index (χ3v) is 15.6. The Balaban J connectivity index is 1.26. The molecule has 2 amide bonds. The van der Waals surface area contributed by atoms with Crippen LogP contribution in [0.15, 0.2) is 75.9 Å². The molecule has 0 aromatic heterocycles. The summed E-state index contributed by atoms with van der Waals surface area (Å²) in [5.41, 5.74) is 2.16. The minimum absolute atomic E-state index is 0.0271. The molecule has 1 aromatic rings. The number of imide groups is 1. The molecule has 28 heteroatoms. The van der Waals surface area contributed by atoms with Crippen LogP contribution in [0.5, 0.6) is 0 Å². The zero-order valence-electron chi connectivity index (χ0n) is 50.9. The first-order valence-electron chi connectivity index (χ1n) is 29.7. The first-order chi connectivity index (χ1) is 42.6. The number of anilines is 1. The number of unbranched alkanes of at least 4 members (excludes halogenated alkanes) is 2. The molecule has 0 saturated carbocycles. The van der Waals surface area contributed by atoms with Gasteiger partial charge in [-0.1, -0.05) is 18.6 Å². The van der Waals surface area contributed by atoms with Gasteiger partial charge in [-0.3, -0.25) is 9.59 Å². The smallest absolute Gasteiger partial charge is 0.333 e. The Hall–Kier alpha value is -5.12. The molecule has 1 saturated heterocycles. The number of hydrogen-bond acceptors (Lipinski definition) is 24. The lowest BCUT2D eigenvalue weighted by atomic mass is 9.77. The van der Waals surface area contributed by atoms with E-state index in [1.165, 1.54) is 18.2 Å². The van der Waals surface area contributed by atoms with E-state index < -0.39 is 54.1 Å². The fourth-order valence-corrected chi connectivity index (χ4v) is 10.5. The van der Waals surface area contributed by atoms with Crippen molar-refractivity contribution in [3.63, 3.8) is 0 Å². The van der Waals surface area contributed by atoms with Crippen molar-refractivity contribution in [1.29, 1.82) is 0 Å². The minimum Gasteiger partial charge on any atom is -0.748 e. The predicted octanol–water partition coefficient (Wildman–Crippen LogP) is 3.69. The SMILES string of the molecule is COCCOCCOCCOCCOCCOCC[N+](CCOCCOCCOCCOCCOCCOC)=c1ccc2c(/C=C/C=C3/N(CCCCCC(=O)ON4C(=O)CCC4=O)c4ccc(S(=O)(=O)[O-])cc4C3(C)CCCS(=O)(=O)[O-])ccoc-2c1. The number of nitrogens with zero attached hydrogens (tertiary/aromatic N) is 3. The molecule has 1 unspecified atom stereocenters. The largest absolute Gasteiger partial charge is 0.748 e. The monoisotopic (exact) mass is 1280 g/mol. The molecule has 0 spiro atoms. The van der Waals surface area contributed by atoms with Crippen molar-refractivity contribution in [3.8, 4) is 11.3 Å². The summed E-state index contributed by atoms with van der Waals surface area (Å²) < 4.78 is 147. The molecule has 0 radical (unpaired) electrons. The van der Waals surface area contributed by atoms with Gasteiger partial charge >= 0.3 is 5.97 Å². The van der Waals surface area contributed by atoms with Gasteiger partial charge in [-0.25, -0.2) is 26.2 Å². The van der Waals surface area contributed by atoms with Gasteiger partial charge in [0, 0.05) is 74.2 Å². The zero-order chi connectivity index (χ0) is 63.3. The summed E-state index contributed by atoms with van der Waals surface area (Å²) in [5.74, 6) is -1.97. The number of carbonyl (C=O) groups is 3. The minimum atomic E-state index is -4.91. The second-order valence-electron chi connectivity index (χ2n) is 20.4. The van der Waals surface area contributed by atoms with Crippen LogP contribution in [0.4, 0.5) is 5.69 Å². The average molecular weight is 1280 g/mol. The van der Waals surface area contributed by atoms with Gasteiger partial charge < -0.3 is 80.1 Å². The second kappa shape index (κ2) is 41.3. The van der Waals surface area contributed by atoms with E-state index in [9.17, 15) is 40.3 Å². The summed E-state index contributed by atoms with van der Waals surface area (Å²) in [7, 11) is -6.28. The molecular formula is C60H88N3O23S2-. The van der Waals surface area contributed by atoms with Crippen LogP contribution in [-0.4, -0.2) is 234 Å². The Morgan fingerprint density at radius 1 is 0.625 bits per heavy atom. The van der Waals surface area contributed by atoms with Gasteiger partial charge in [0.1, 0.15) is 29.1 Å². The number of methoxy groups -OCH3 is 2. The van der Waals surface area contributed by atoms with Gasteiger partial charge in [0.25, 0.3) is 11.8 Å². The van der Waals surface area contributed by atoms with E-state index in [2.05, 4.69) is 4.58 Å². The van der Waals surface area contributed by atoms with E-state index >= 15 is 0 Å². The van der Waals surface area contributed by atoms with Gasteiger partial charge in [0.2, 0.25) is 5.36 Å². The molecule has 1 aromatic carbocycles. The Morgan fingerprint density at radius 2 is 1.12 bits per heavy atom. The Kier molecular flexibility index (Phi) is 34.6. The van der Waals surface area contributed by atoms with Crippen molar-refractivity contribution < 1.29 is 106 Å². The molecule has 0 N–H and O–H groups in total. The molecule has 1 fully saturated rings. The fourth-order valence-electron chi connectivity index (χ4n) is 9.48. The molecule has 0 bridgehead atoms. The van der Waals surface area contributed by atoms with Crippen LogP contribution in [0.2, 0.25) is 0 Å². The Labute approximate surface area is 516 Å². The highest BCUT2D eigenvalue weighted by atomic mass is 32.2. The summed E-state index contributed by atoms with van der Waals surface area (Å²) in [5, 5.41) is 1.35. The lowest BCUT2D eigenvalue weighted by molar-refractivity contribution is -0.197. The van der Waals surface area contributed by atoms with E-state index in [1.54, 1.807) is 26.5 Å². The number of rotatable bonds is 50. The standard InChI is InChI=1S/C60H89N3O23S2/c1-60(19-8-46-87(67,68)69)53-48-51(88(70,71)72)13-15-54(53)62(20-6-4-5-11-59(66)86-63-57(64)16-17-58(63)65)56(60)10-7-9-49-18-23-85-55-47-50(12-14-52(49)55)61(21-24-75-30-32-79-38-40-83-44-42-81-36-34-77-28-26-73-2)22-25-76-31-33-80-39-41-84-45-43-82-37-35-78-29-27-74-3/h7,9-10,12-15,18,23,47-48H,4-6,8,11,16-17,19-22,24-46H2,1-3H3,(H-,67,68,69,70,71,72)/p-1. The summed E-state index contributed by atoms with van der Waals surface area (Å²) in [6.07, 6.45) is 8.37. The Morgan fingerprint density at radius 3 is 1.61 bits per heavy atom. The topological polar surface area (TPSA) is 308 Å². The van der Waals surface area contributed by atoms with Crippen LogP contribution in [0.1, 0.15) is 69.4 Å².